The maximum Gasteiger partial charge on any atom is 0.240 e. The Labute approximate surface area is 111 Å². The second kappa shape index (κ2) is 6.34. The zero-order valence-electron chi connectivity index (χ0n) is 11.6. The molecule has 0 aliphatic carbocycles. The lowest BCUT2D eigenvalue weighted by atomic mass is 10.0. The van der Waals surface area contributed by atoms with Gasteiger partial charge >= 0.3 is 0 Å². The van der Waals surface area contributed by atoms with Crippen LogP contribution in [0, 0.1) is 5.92 Å². The average Bonchev–Trinajstić information content (AvgIpc) is 2.36. The standard InChI is InChI=1S/C14H23NO2S/c1-5-12(4)10-15-18(16,17)14-8-6-13(7-9-14)11(2)3/h6-9,11-12,15H,5,10H2,1-4H3. The molecule has 0 aromatic heterocycles. The molecule has 1 aromatic carbocycles. The highest BCUT2D eigenvalue weighted by Crippen LogP contribution is 2.17. The summed E-state index contributed by atoms with van der Waals surface area (Å²) in [6, 6.07) is 7.10. The van der Waals surface area contributed by atoms with Gasteiger partial charge in [-0.1, -0.05) is 46.2 Å². The first kappa shape index (κ1) is 15.2. The molecular formula is C14H23NO2S. The van der Waals surface area contributed by atoms with Crippen LogP contribution in [-0.4, -0.2) is 15.0 Å². The number of nitrogens with one attached hydrogen (secondary N) is 1. The molecule has 0 saturated heterocycles. The first-order valence-corrected chi connectivity index (χ1v) is 7.94. The number of hydrogen-bond donors (Lipinski definition) is 1. The van der Waals surface area contributed by atoms with Gasteiger partial charge in [0.25, 0.3) is 0 Å². The third kappa shape index (κ3) is 4.10. The van der Waals surface area contributed by atoms with Gasteiger partial charge in [0, 0.05) is 6.54 Å². The molecule has 1 unspecified atom stereocenters. The van der Waals surface area contributed by atoms with Crippen molar-refractivity contribution in [3.8, 4) is 0 Å². The van der Waals surface area contributed by atoms with E-state index in [1.807, 2.05) is 19.1 Å². The summed E-state index contributed by atoms with van der Waals surface area (Å²) < 4.78 is 26.7. The number of hydrogen-bond acceptors (Lipinski definition) is 2. The number of rotatable bonds is 6. The fourth-order valence-corrected chi connectivity index (χ4v) is 2.68. The average molecular weight is 269 g/mol. The van der Waals surface area contributed by atoms with Gasteiger partial charge in [0.1, 0.15) is 0 Å². The highest BCUT2D eigenvalue weighted by atomic mass is 32.2. The molecule has 1 rings (SSSR count). The summed E-state index contributed by atoms with van der Waals surface area (Å²) in [5.74, 6) is 0.768. The van der Waals surface area contributed by atoms with Crippen molar-refractivity contribution in [3.05, 3.63) is 29.8 Å². The molecule has 1 N–H and O–H groups in total. The molecule has 18 heavy (non-hydrogen) atoms. The van der Waals surface area contributed by atoms with E-state index in [9.17, 15) is 8.42 Å². The summed E-state index contributed by atoms with van der Waals surface area (Å²) in [6.07, 6.45) is 0.967. The second-order valence-electron chi connectivity index (χ2n) is 5.09. The molecule has 0 spiro atoms. The smallest absolute Gasteiger partial charge is 0.211 e. The Kier molecular flexibility index (Phi) is 5.35. The first-order valence-electron chi connectivity index (χ1n) is 6.46. The Hall–Kier alpha value is -0.870. The monoisotopic (exact) mass is 269 g/mol. The zero-order chi connectivity index (χ0) is 13.8. The van der Waals surface area contributed by atoms with Crippen LogP contribution in [0.1, 0.15) is 45.6 Å². The van der Waals surface area contributed by atoms with Crippen LogP contribution >= 0.6 is 0 Å². The van der Waals surface area contributed by atoms with E-state index in [4.69, 9.17) is 0 Å². The van der Waals surface area contributed by atoms with Crippen LogP contribution in [0.2, 0.25) is 0 Å². The summed E-state index contributed by atoms with van der Waals surface area (Å²) in [5, 5.41) is 0. The Bertz CT molecular complexity index is 463. The third-order valence-electron chi connectivity index (χ3n) is 3.18. The van der Waals surface area contributed by atoms with Crippen molar-refractivity contribution in [2.75, 3.05) is 6.54 Å². The Morgan fingerprint density at radius 2 is 1.67 bits per heavy atom. The Morgan fingerprint density at radius 3 is 2.11 bits per heavy atom. The van der Waals surface area contributed by atoms with Crippen molar-refractivity contribution in [2.45, 2.75) is 44.9 Å². The highest BCUT2D eigenvalue weighted by Gasteiger charge is 2.14. The van der Waals surface area contributed by atoms with Crippen LogP contribution in [0.25, 0.3) is 0 Å². The summed E-state index contributed by atoms with van der Waals surface area (Å²) in [5.41, 5.74) is 1.15. The van der Waals surface area contributed by atoms with Gasteiger partial charge in [-0.2, -0.15) is 0 Å². The van der Waals surface area contributed by atoms with Crippen molar-refractivity contribution in [2.24, 2.45) is 5.92 Å². The minimum Gasteiger partial charge on any atom is -0.211 e. The minimum absolute atomic E-state index is 0.343. The van der Waals surface area contributed by atoms with Crippen LogP contribution in [0.3, 0.4) is 0 Å². The van der Waals surface area contributed by atoms with E-state index in [0.29, 0.717) is 23.3 Å². The molecule has 0 bridgehead atoms. The molecule has 4 heteroatoms. The highest BCUT2D eigenvalue weighted by molar-refractivity contribution is 7.89. The molecule has 0 saturated carbocycles. The summed E-state index contributed by atoms with van der Waals surface area (Å²) in [6.45, 7) is 8.75. The van der Waals surface area contributed by atoms with Gasteiger partial charge in [-0.15, -0.1) is 0 Å². The molecule has 3 nitrogen and oxygen atoms in total. The Morgan fingerprint density at radius 1 is 1.11 bits per heavy atom. The quantitative estimate of drug-likeness (QED) is 0.862. The van der Waals surface area contributed by atoms with Gasteiger partial charge in [-0.05, 0) is 29.5 Å². The fraction of sp³-hybridized carbons (Fsp3) is 0.571. The predicted octanol–water partition coefficient (Wildman–Crippen LogP) is 3.13. The zero-order valence-corrected chi connectivity index (χ0v) is 12.4. The van der Waals surface area contributed by atoms with Crippen LogP contribution in [0.15, 0.2) is 29.2 Å². The molecule has 0 aliphatic heterocycles. The van der Waals surface area contributed by atoms with E-state index in [-0.39, 0.29) is 0 Å². The largest absolute Gasteiger partial charge is 0.240 e. The van der Waals surface area contributed by atoms with E-state index < -0.39 is 10.0 Å². The van der Waals surface area contributed by atoms with Gasteiger partial charge < -0.3 is 0 Å². The van der Waals surface area contributed by atoms with Crippen molar-refractivity contribution in [1.82, 2.24) is 4.72 Å². The number of sulfonamides is 1. The normalized spacial score (nSPS) is 13.8. The van der Waals surface area contributed by atoms with Gasteiger partial charge in [0.15, 0.2) is 0 Å². The maximum absolute atomic E-state index is 12.0. The lowest BCUT2D eigenvalue weighted by Gasteiger charge is -2.12. The first-order chi connectivity index (χ1) is 8.36. The molecule has 0 aliphatic rings. The molecule has 0 fully saturated rings. The SMILES string of the molecule is CCC(C)CNS(=O)(=O)c1ccc(C(C)C)cc1. The van der Waals surface area contributed by atoms with Crippen LogP contribution in [0.5, 0.6) is 0 Å². The van der Waals surface area contributed by atoms with Crippen LogP contribution in [0.4, 0.5) is 0 Å². The van der Waals surface area contributed by atoms with Crippen LogP contribution in [-0.2, 0) is 10.0 Å². The lowest BCUT2D eigenvalue weighted by Crippen LogP contribution is -2.28. The van der Waals surface area contributed by atoms with E-state index >= 15 is 0 Å². The van der Waals surface area contributed by atoms with Gasteiger partial charge in [-0.25, -0.2) is 13.1 Å². The second-order valence-corrected chi connectivity index (χ2v) is 6.86. The maximum atomic E-state index is 12.0. The van der Waals surface area contributed by atoms with Crippen molar-refractivity contribution in [3.63, 3.8) is 0 Å². The molecule has 0 amide bonds. The summed E-state index contributed by atoms with van der Waals surface area (Å²) >= 11 is 0. The topological polar surface area (TPSA) is 46.2 Å². The van der Waals surface area contributed by atoms with Crippen LogP contribution < -0.4 is 4.72 Å². The molecule has 1 atom stereocenters. The third-order valence-corrected chi connectivity index (χ3v) is 4.62. The number of benzene rings is 1. The Balaban J connectivity index is 2.79. The lowest BCUT2D eigenvalue weighted by molar-refractivity contribution is 0.528. The van der Waals surface area contributed by atoms with Crippen molar-refractivity contribution >= 4 is 10.0 Å². The summed E-state index contributed by atoms with van der Waals surface area (Å²) in [4.78, 5) is 0.343. The molecule has 0 heterocycles. The van der Waals surface area contributed by atoms with Crippen molar-refractivity contribution < 1.29 is 8.42 Å². The summed E-state index contributed by atoms with van der Waals surface area (Å²) in [7, 11) is -3.36. The molecule has 102 valence electrons. The van der Waals surface area contributed by atoms with E-state index in [2.05, 4.69) is 25.5 Å². The molecular weight excluding hydrogens is 246 g/mol. The van der Waals surface area contributed by atoms with Gasteiger partial charge in [0.2, 0.25) is 10.0 Å². The van der Waals surface area contributed by atoms with Gasteiger partial charge in [0.05, 0.1) is 4.90 Å². The van der Waals surface area contributed by atoms with Crippen molar-refractivity contribution in [1.29, 1.82) is 0 Å². The van der Waals surface area contributed by atoms with E-state index in [1.165, 1.54) is 0 Å². The van der Waals surface area contributed by atoms with E-state index in [0.717, 1.165) is 12.0 Å². The molecule has 0 radical (unpaired) electrons. The van der Waals surface area contributed by atoms with E-state index in [1.54, 1.807) is 12.1 Å². The van der Waals surface area contributed by atoms with Gasteiger partial charge in [-0.3, -0.25) is 0 Å². The molecule has 1 aromatic rings. The minimum atomic E-state index is -3.36. The predicted molar refractivity (Wildman–Crippen MR) is 75.2 cm³/mol. The fourth-order valence-electron chi connectivity index (χ4n) is 1.51.